The number of hydrogen-bond donors (Lipinski definition) is 0. The summed E-state index contributed by atoms with van der Waals surface area (Å²) in [6, 6.07) is 19.7. The van der Waals surface area contributed by atoms with Crippen molar-refractivity contribution in [1.82, 2.24) is 14.5 Å². The smallest absolute Gasteiger partial charge is 0.305 e. The first-order valence-corrected chi connectivity index (χ1v) is 14.8. The molecule has 0 saturated heterocycles. The zero-order valence-corrected chi connectivity index (χ0v) is 24.7. The number of pyridine rings is 2. The summed E-state index contributed by atoms with van der Waals surface area (Å²) in [6.07, 6.45) is 6.62. The van der Waals surface area contributed by atoms with Gasteiger partial charge in [0.25, 0.3) is 0 Å². The third kappa shape index (κ3) is 5.59. The van der Waals surface area contributed by atoms with Gasteiger partial charge in [-0.05, 0) is 86.4 Å². The third-order valence-corrected chi connectivity index (χ3v) is 9.13. The minimum atomic E-state index is -0.528. The lowest BCUT2D eigenvalue weighted by atomic mass is 9.77. The lowest BCUT2D eigenvalue weighted by Gasteiger charge is -2.28. The second-order valence-corrected chi connectivity index (χ2v) is 11.7. The topological polar surface area (TPSA) is 64.4 Å². The molecule has 0 spiro atoms. The average Bonchev–Trinajstić information content (AvgIpc) is 3.34. The van der Waals surface area contributed by atoms with Crippen molar-refractivity contribution in [3.63, 3.8) is 0 Å². The van der Waals surface area contributed by atoms with Crippen LogP contribution in [0.1, 0.15) is 56.1 Å². The van der Waals surface area contributed by atoms with Gasteiger partial charge in [-0.25, -0.2) is 18.2 Å². The Morgan fingerprint density at radius 1 is 0.930 bits per heavy atom. The number of nitrogens with zero attached hydrogens (tertiary/aromatic N) is 4. The molecule has 8 heteroatoms. The first kappa shape index (κ1) is 28.8. The summed E-state index contributed by atoms with van der Waals surface area (Å²) in [7, 11) is 3.53. The number of methoxy groups -OCH3 is 1. The summed E-state index contributed by atoms with van der Waals surface area (Å²) in [6.45, 7) is 2.81. The molecule has 0 N–H and O–H groups in total. The van der Waals surface area contributed by atoms with Gasteiger partial charge in [0.1, 0.15) is 11.6 Å². The van der Waals surface area contributed by atoms with Crippen LogP contribution in [0.5, 0.6) is 0 Å². The molecule has 2 aliphatic rings. The fourth-order valence-corrected chi connectivity index (χ4v) is 6.39. The quantitative estimate of drug-likeness (QED) is 0.164. The van der Waals surface area contributed by atoms with Crippen LogP contribution in [0.3, 0.4) is 0 Å². The summed E-state index contributed by atoms with van der Waals surface area (Å²) < 4.78 is 33.6. The number of esters is 1. The predicted molar refractivity (Wildman–Crippen MR) is 165 cm³/mol. The van der Waals surface area contributed by atoms with E-state index in [0.29, 0.717) is 34.3 Å². The van der Waals surface area contributed by atoms with E-state index < -0.39 is 11.6 Å². The molecule has 6 nitrogen and oxygen atoms in total. The molecular weight excluding hydrogens is 546 g/mol. The minimum Gasteiger partial charge on any atom is -0.469 e. The van der Waals surface area contributed by atoms with Gasteiger partial charge in [0, 0.05) is 29.8 Å². The molecule has 2 aromatic carbocycles. The number of amidine groups is 1. The number of quaternary nitrogens is 1. The molecule has 43 heavy (non-hydrogen) atoms. The van der Waals surface area contributed by atoms with Gasteiger partial charge in [0.2, 0.25) is 11.7 Å². The molecule has 220 valence electrons. The number of hydrogen-bond acceptors (Lipinski definition) is 5. The largest absolute Gasteiger partial charge is 0.469 e. The van der Waals surface area contributed by atoms with E-state index in [4.69, 9.17) is 14.7 Å². The van der Waals surface area contributed by atoms with Gasteiger partial charge in [-0.15, -0.1) is 0 Å². The van der Waals surface area contributed by atoms with Crippen LogP contribution in [0, 0.1) is 17.6 Å². The standard InChI is InChI=1S/C35H35F2N4O2/c1-4-41(2)32-18-17-31(28-20-27(36)14-15-29(28)37)39-34(32)40-35(41)26-13-16-30(38-21-26)25-11-9-24(10-12-25)23-7-5-22(6-8-23)19-33(42)43-3/h9-18,20-23H,4-8,19H2,1-3H3/q+1. The molecule has 1 saturated carbocycles. The number of ether oxygens (including phenoxy) is 1. The van der Waals surface area contributed by atoms with Gasteiger partial charge in [-0.2, -0.15) is 4.99 Å². The van der Waals surface area contributed by atoms with E-state index in [0.717, 1.165) is 78.8 Å². The highest BCUT2D eigenvalue weighted by atomic mass is 19.1. The Morgan fingerprint density at radius 3 is 2.33 bits per heavy atom. The van der Waals surface area contributed by atoms with Crippen LogP contribution in [0.4, 0.5) is 20.3 Å². The summed E-state index contributed by atoms with van der Waals surface area (Å²) in [5.74, 6) is 1.08. The van der Waals surface area contributed by atoms with Crippen molar-refractivity contribution in [2.45, 2.75) is 44.9 Å². The van der Waals surface area contributed by atoms with E-state index in [1.807, 2.05) is 24.4 Å². The van der Waals surface area contributed by atoms with E-state index in [1.54, 1.807) is 6.07 Å². The Balaban J connectivity index is 1.19. The number of halogens is 2. The lowest BCUT2D eigenvalue weighted by Crippen LogP contribution is -2.48. The number of carbonyl (C=O) groups excluding carboxylic acids is 1. The average molecular weight is 582 g/mol. The van der Waals surface area contributed by atoms with Gasteiger partial charge in [-0.1, -0.05) is 24.3 Å². The Morgan fingerprint density at radius 2 is 1.65 bits per heavy atom. The Bertz CT molecular complexity index is 1680. The van der Waals surface area contributed by atoms with Gasteiger partial charge in [-0.3, -0.25) is 9.78 Å². The highest BCUT2D eigenvalue weighted by Crippen LogP contribution is 2.42. The molecule has 3 heterocycles. The maximum absolute atomic E-state index is 14.5. The maximum Gasteiger partial charge on any atom is 0.305 e. The van der Waals surface area contributed by atoms with Crippen LogP contribution in [0.15, 0.2) is 77.9 Å². The molecule has 0 radical (unpaired) electrons. The van der Waals surface area contributed by atoms with Crippen LogP contribution >= 0.6 is 0 Å². The van der Waals surface area contributed by atoms with E-state index >= 15 is 0 Å². The highest BCUT2D eigenvalue weighted by molar-refractivity contribution is 6.11. The molecule has 0 bridgehead atoms. The van der Waals surface area contributed by atoms with Crippen molar-refractivity contribution < 1.29 is 18.3 Å². The van der Waals surface area contributed by atoms with Crippen LogP contribution in [0.2, 0.25) is 0 Å². The molecule has 2 aromatic heterocycles. The fourth-order valence-electron chi connectivity index (χ4n) is 6.39. The number of fused-ring (bicyclic) bond motifs is 1. The summed E-state index contributed by atoms with van der Waals surface area (Å²) in [5.41, 5.74) is 5.48. The van der Waals surface area contributed by atoms with Crippen LogP contribution < -0.4 is 4.48 Å². The number of benzene rings is 2. The van der Waals surface area contributed by atoms with E-state index in [2.05, 4.69) is 43.2 Å². The predicted octanol–water partition coefficient (Wildman–Crippen LogP) is 7.97. The van der Waals surface area contributed by atoms with Gasteiger partial charge in [0.05, 0.1) is 37.7 Å². The van der Waals surface area contributed by atoms with Gasteiger partial charge >= 0.3 is 5.97 Å². The SMILES string of the molecule is CC[N+]1(C)C(c2ccc(-c3ccc(C4CCC(CC(=O)OC)CC4)cc3)nc2)=Nc2nc(-c3cc(F)ccc3F)ccc21. The minimum absolute atomic E-state index is 0.112. The summed E-state index contributed by atoms with van der Waals surface area (Å²) in [4.78, 5) is 25.9. The molecule has 1 fully saturated rings. The van der Waals surface area contributed by atoms with Crippen molar-refractivity contribution in [1.29, 1.82) is 0 Å². The van der Waals surface area contributed by atoms with Crippen LogP contribution in [-0.4, -0.2) is 42.5 Å². The van der Waals surface area contributed by atoms with Crippen LogP contribution in [-0.2, 0) is 9.53 Å². The molecule has 1 aliphatic heterocycles. The van der Waals surface area contributed by atoms with E-state index in [-0.39, 0.29) is 11.5 Å². The molecule has 1 atom stereocenters. The Hall–Kier alpha value is -4.30. The molecule has 4 aromatic rings. The first-order valence-electron chi connectivity index (χ1n) is 14.8. The molecule has 1 unspecified atom stereocenters. The van der Waals surface area contributed by atoms with Crippen molar-refractivity contribution >= 4 is 23.3 Å². The van der Waals surface area contributed by atoms with E-state index in [1.165, 1.54) is 12.7 Å². The molecule has 1 aliphatic carbocycles. The summed E-state index contributed by atoms with van der Waals surface area (Å²) in [5, 5.41) is 0. The lowest BCUT2D eigenvalue weighted by molar-refractivity contribution is -0.142. The number of aromatic nitrogens is 2. The van der Waals surface area contributed by atoms with Gasteiger partial charge < -0.3 is 4.74 Å². The second-order valence-electron chi connectivity index (χ2n) is 11.7. The Kier molecular flexibility index (Phi) is 7.88. The van der Waals surface area contributed by atoms with Crippen molar-refractivity contribution in [2.75, 3.05) is 20.7 Å². The van der Waals surface area contributed by atoms with Gasteiger partial charge in [0.15, 0.2) is 5.69 Å². The number of aliphatic imine (C=N–C) groups is 1. The molecule has 6 rings (SSSR count). The second kappa shape index (κ2) is 11.8. The maximum atomic E-state index is 14.5. The highest BCUT2D eigenvalue weighted by Gasteiger charge is 2.41. The van der Waals surface area contributed by atoms with Crippen molar-refractivity contribution in [3.05, 3.63) is 95.7 Å². The monoisotopic (exact) mass is 581 g/mol. The fraction of sp³-hybridized carbons (Fsp3) is 0.314. The zero-order chi connectivity index (χ0) is 30.1. The zero-order valence-electron chi connectivity index (χ0n) is 24.7. The number of rotatable bonds is 7. The third-order valence-electron chi connectivity index (χ3n) is 9.13. The molecule has 0 amide bonds. The first-order chi connectivity index (χ1) is 20.8. The van der Waals surface area contributed by atoms with Crippen LogP contribution in [0.25, 0.3) is 22.5 Å². The van der Waals surface area contributed by atoms with Crippen molar-refractivity contribution in [2.24, 2.45) is 10.9 Å². The molecular formula is C35H35F2N4O2+. The van der Waals surface area contributed by atoms with Crippen molar-refractivity contribution in [3.8, 4) is 22.5 Å². The Labute approximate surface area is 250 Å². The number of carbonyl (C=O) groups is 1. The summed E-state index contributed by atoms with van der Waals surface area (Å²) >= 11 is 0. The van der Waals surface area contributed by atoms with E-state index in [9.17, 15) is 13.6 Å². The normalized spacial score (nSPS) is 21.3.